The van der Waals surface area contributed by atoms with Crippen LogP contribution in [0.5, 0.6) is 0 Å². The van der Waals surface area contributed by atoms with Crippen LogP contribution >= 0.6 is 0 Å². The zero-order valence-corrected chi connectivity index (χ0v) is 37.6. The average molecular weight is 873 g/mol. The van der Waals surface area contributed by atoms with Gasteiger partial charge in [-0.3, -0.25) is 9.97 Å². The Morgan fingerprint density at radius 3 is 1.34 bits per heavy atom. The molecular formula is C62H44N6. The van der Waals surface area contributed by atoms with E-state index in [1.807, 2.05) is 85.9 Å². The van der Waals surface area contributed by atoms with Crippen LogP contribution < -0.4 is 0 Å². The average Bonchev–Trinajstić information content (AvgIpc) is 3.41. The summed E-state index contributed by atoms with van der Waals surface area (Å²) in [7, 11) is 0. The minimum Gasteiger partial charge on any atom is -0.258 e. The normalized spacial score (nSPS) is 11.1. The molecular weight excluding hydrogens is 829 g/mol. The first-order valence-electron chi connectivity index (χ1n) is 22.8. The third-order valence-electron chi connectivity index (χ3n) is 12.2. The van der Waals surface area contributed by atoms with Gasteiger partial charge in [0.05, 0.1) is 28.5 Å². The van der Waals surface area contributed by atoms with Crippen LogP contribution in [0.3, 0.4) is 0 Å². The first kappa shape index (κ1) is 41.7. The molecule has 68 heavy (non-hydrogen) atoms. The predicted molar refractivity (Wildman–Crippen MR) is 277 cm³/mol. The van der Waals surface area contributed by atoms with E-state index >= 15 is 0 Å². The fourth-order valence-electron chi connectivity index (χ4n) is 8.93. The van der Waals surface area contributed by atoms with Gasteiger partial charge in [0, 0.05) is 62.1 Å². The van der Waals surface area contributed by atoms with Crippen LogP contribution in [-0.4, -0.2) is 29.9 Å². The zero-order valence-electron chi connectivity index (χ0n) is 37.6. The van der Waals surface area contributed by atoms with Crippen LogP contribution in [0, 0.1) is 13.8 Å². The van der Waals surface area contributed by atoms with E-state index in [1.54, 1.807) is 0 Å². The van der Waals surface area contributed by atoms with Crippen molar-refractivity contribution in [2.24, 2.45) is 0 Å². The van der Waals surface area contributed by atoms with Crippen molar-refractivity contribution in [3.05, 3.63) is 242 Å². The fourth-order valence-corrected chi connectivity index (χ4v) is 8.93. The van der Waals surface area contributed by atoms with Crippen LogP contribution in [0.15, 0.2) is 231 Å². The number of pyridine rings is 2. The standard InChI is InChI=1S/C62H44N6/c1-41-34-35-50(42(2)64-41)60-51(46-25-16-27-48(37-46)57-39-56(43-19-6-3-7-20-43)65-61(66-57)44-21-8-4-9-22-44)31-18-32-54(60)52-29-12-13-30-53(52)59-40-58(67-62(68-59)45-23-10-5-11-24-45)49-28-17-26-47(38-49)55-33-14-15-36-63-55/h3-40H,1-2H3. The number of aromatic nitrogens is 6. The molecule has 0 atom stereocenters. The molecule has 4 heterocycles. The second-order valence-electron chi connectivity index (χ2n) is 16.8. The van der Waals surface area contributed by atoms with E-state index in [0.717, 1.165) is 112 Å². The molecule has 0 saturated carbocycles. The van der Waals surface area contributed by atoms with Crippen molar-refractivity contribution in [1.82, 2.24) is 29.9 Å². The van der Waals surface area contributed by atoms with E-state index in [0.29, 0.717) is 11.6 Å². The first-order chi connectivity index (χ1) is 33.5. The molecule has 0 aliphatic heterocycles. The molecule has 0 bridgehead atoms. The Labute approximate surface area is 396 Å². The predicted octanol–water partition coefficient (Wildman–Crippen LogP) is 15.3. The summed E-state index contributed by atoms with van der Waals surface area (Å²) in [5, 5.41) is 0. The molecule has 0 unspecified atom stereocenters. The smallest absolute Gasteiger partial charge is 0.160 e. The number of nitrogens with zero attached hydrogens (tertiary/aromatic N) is 6. The van der Waals surface area contributed by atoms with Gasteiger partial charge < -0.3 is 0 Å². The molecule has 6 nitrogen and oxygen atoms in total. The first-order valence-corrected chi connectivity index (χ1v) is 22.8. The Kier molecular flexibility index (Phi) is 11.3. The molecule has 0 amide bonds. The van der Waals surface area contributed by atoms with Crippen molar-refractivity contribution in [2.75, 3.05) is 0 Å². The maximum absolute atomic E-state index is 5.33. The summed E-state index contributed by atoms with van der Waals surface area (Å²) in [4.78, 5) is 30.4. The Morgan fingerprint density at radius 2 is 0.721 bits per heavy atom. The second-order valence-corrected chi connectivity index (χ2v) is 16.8. The molecule has 0 saturated heterocycles. The molecule has 7 aromatic carbocycles. The summed E-state index contributed by atoms with van der Waals surface area (Å²) >= 11 is 0. The van der Waals surface area contributed by atoms with Gasteiger partial charge in [-0.2, -0.15) is 0 Å². The van der Waals surface area contributed by atoms with E-state index < -0.39 is 0 Å². The number of benzene rings is 7. The minimum absolute atomic E-state index is 0.649. The van der Waals surface area contributed by atoms with Crippen LogP contribution in [0.25, 0.3) is 112 Å². The highest BCUT2D eigenvalue weighted by atomic mass is 14.9. The van der Waals surface area contributed by atoms with E-state index in [9.17, 15) is 0 Å². The van der Waals surface area contributed by atoms with Crippen molar-refractivity contribution in [1.29, 1.82) is 0 Å². The van der Waals surface area contributed by atoms with Crippen molar-refractivity contribution >= 4 is 0 Å². The van der Waals surface area contributed by atoms with Gasteiger partial charge in [-0.05, 0) is 84.1 Å². The summed E-state index contributed by atoms with van der Waals surface area (Å²) in [6.45, 7) is 4.14. The summed E-state index contributed by atoms with van der Waals surface area (Å²) in [5.74, 6) is 1.33. The summed E-state index contributed by atoms with van der Waals surface area (Å²) < 4.78 is 0. The lowest BCUT2D eigenvalue weighted by Gasteiger charge is -2.20. The number of rotatable bonds is 10. The highest BCUT2D eigenvalue weighted by Gasteiger charge is 2.21. The van der Waals surface area contributed by atoms with E-state index in [-0.39, 0.29) is 0 Å². The van der Waals surface area contributed by atoms with E-state index in [2.05, 4.69) is 164 Å². The second kappa shape index (κ2) is 18.5. The van der Waals surface area contributed by atoms with Crippen LogP contribution in [0.1, 0.15) is 11.4 Å². The van der Waals surface area contributed by atoms with Gasteiger partial charge in [0.15, 0.2) is 11.6 Å². The van der Waals surface area contributed by atoms with Gasteiger partial charge in [-0.1, -0.05) is 182 Å². The lowest BCUT2D eigenvalue weighted by atomic mass is 9.84. The monoisotopic (exact) mass is 872 g/mol. The molecule has 4 aromatic heterocycles. The van der Waals surface area contributed by atoms with Crippen molar-refractivity contribution in [3.63, 3.8) is 0 Å². The molecule has 0 fully saturated rings. The number of aryl methyl sites for hydroxylation is 2. The molecule has 6 heteroatoms. The highest BCUT2D eigenvalue weighted by Crippen LogP contribution is 2.45. The Bertz CT molecular complexity index is 3520. The van der Waals surface area contributed by atoms with Gasteiger partial charge in [-0.15, -0.1) is 0 Å². The van der Waals surface area contributed by atoms with E-state index in [4.69, 9.17) is 24.9 Å². The van der Waals surface area contributed by atoms with Crippen molar-refractivity contribution in [3.8, 4) is 112 Å². The minimum atomic E-state index is 0.649. The lowest BCUT2D eigenvalue weighted by molar-refractivity contribution is 1.13. The third-order valence-corrected chi connectivity index (χ3v) is 12.2. The maximum atomic E-state index is 5.33. The molecule has 0 spiro atoms. The zero-order chi connectivity index (χ0) is 45.8. The van der Waals surface area contributed by atoms with Crippen LogP contribution in [0.2, 0.25) is 0 Å². The number of hydrogen-bond acceptors (Lipinski definition) is 6. The highest BCUT2D eigenvalue weighted by molar-refractivity contribution is 5.99. The topological polar surface area (TPSA) is 77.3 Å². The Hall–Kier alpha value is -9.00. The molecule has 11 aromatic rings. The third kappa shape index (κ3) is 8.50. The summed E-state index contributed by atoms with van der Waals surface area (Å²) in [5.41, 5.74) is 19.5. The van der Waals surface area contributed by atoms with Crippen LogP contribution in [0.4, 0.5) is 0 Å². The van der Waals surface area contributed by atoms with Crippen LogP contribution in [-0.2, 0) is 0 Å². The van der Waals surface area contributed by atoms with E-state index in [1.165, 1.54) is 0 Å². The molecule has 0 N–H and O–H groups in total. The number of hydrogen-bond donors (Lipinski definition) is 0. The fraction of sp³-hybridized carbons (Fsp3) is 0.0323. The van der Waals surface area contributed by atoms with Gasteiger partial charge in [0.2, 0.25) is 0 Å². The SMILES string of the molecule is Cc1ccc(-c2c(-c3cccc(-c4cc(-c5ccccc5)nc(-c5ccccc5)n4)c3)cccc2-c2ccccc2-c2cc(-c3cccc(-c4ccccn4)c3)nc(-c3ccccc3)n2)c(C)n1. The largest absolute Gasteiger partial charge is 0.258 e. The summed E-state index contributed by atoms with van der Waals surface area (Å²) in [6, 6.07) is 77.5. The quantitative estimate of drug-likeness (QED) is 0.136. The van der Waals surface area contributed by atoms with Crippen molar-refractivity contribution in [2.45, 2.75) is 13.8 Å². The van der Waals surface area contributed by atoms with Gasteiger partial charge >= 0.3 is 0 Å². The Balaban J connectivity index is 1.09. The molecule has 0 radical (unpaired) electrons. The van der Waals surface area contributed by atoms with Gasteiger partial charge in [0.25, 0.3) is 0 Å². The Morgan fingerprint density at radius 1 is 0.265 bits per heavy atom. The lowest BCUT2D eigenvalue weighted by Crippen LogP contribution is -1.99. The van der Waals surface area contributed by atoms with Gasteiger partial charge in [0.1, 0.15) is 0 Å². The maximum Gasteiger partial charge on any atom is 0.160 e. The molecule has 0 aliphatic rings. The van der Waals surface area contributed by atoms with Crippen molar-refractivity contribution < 1.29 is 0 Å². The summed E-state index contributed by atoms with van der Waals surface area (Å²) in [6.07, 6.45) is 1.82. The molecule has 11 rings (SSSR count). The molecule has 0 aliphatic carbocycles. The molecule has 322 valence electrons. The van der Waals surface area contributed by atoms with Gasteiger partial charge in [-0.25, -0.2) is 19.9 Å².